The zero-order valence-corrected chi connectivity index (χ0v) is 21.5. The fourth-order valence-corrected chi connectivity index (χ4v) is 4.89. The van der Waals surface area contributed by atoms with E-state index < -0.39 is 16.8 Å². The molecule has 1 heterocycles. The summed E-state index contributed by atoms with van der Waals surface area (Å²) < 4.78 is 13.5. The number of halogens is 1. The molecule has 0 aromatic heterocycles. The molecule has 1 aliphatic heterocycles. The van der Waals surface area contributed by atoms with Gasteiger partial charge in [0, 0.05) is 56.5 Å². The molecule has 0 aliphatic carbocycles. The third-order valence-electron chi connectivity index (χ3n) is 6.96. The van der Waals surface area contributed by atoms with Crippen LogP contribution in [0.15, 0.2) is 78.9 Å². The summed E-state index contributed by atoms with van der Waals surface area (Å²) in [6.07, 6.45) is 1.16. The summed E-state index contributed by atoms with van der Waals surface area (Å²) >= 11 is 0. The van der Waals surface area contributed by atoms with E-state index in [1.165, 1.54) is 36.4 Å². The van der Waals surface area contributed by atoms with Crippen molar-refractivity contribution >= 4 is 17.5 Å². The lowest BCUT2D eigenvalue weighted by molar-refractivity contribution is -0.384. The third-order valence-corrected chi connectivity index (χ3v) is 6.96. The van der Waals surface area contributed by atoms with E-state index in [2.05, 4.69) is 10.2 Å². The molecule has 0 bridgehead atoms. The minimum atomic E-state index is -0.713. The second-order valence-electron chi connectivity index (χ2n) is 9.58. The van der Waals surface area contributed by atoms with E-state index in [-0.39, 0.29) is 30.1 Å². The average molecular weight is 534 g/mol. The van der Waals surface area contributed by atoms with E-state index in [0.29, 0.717) is 38.2 Å². The lowest BCUT2D eigenvalue weighted by atomic mass is 10.1. The van der Waals surface area contributed by atoms with E-state index in [1.54, 1.807) is 17.0 Å². The van der Waals surface area contributed by atoms with Crippen molar-refractivity contribution in [1.82, 2.24) is 15.1 Å². The number of hydrogen-bond donors (Lipinski definition) is 2. The van der Waals surface area contributed by atoms with Crippen LogP contribution in [0.2, 0.25) is 0 Å². The van der Waals surface area contributed by atoms with Gasteiger partial charge in [0.25, 0.3) is 11.6 Å². The van der Waals surface area contributed by atoms with Crippen molar-refractivity contribution in [3.8, 4) is 0 Å². The van der Waals surface area contributed by atoms with Crippen LogP contribution in [0.1, 0.15) is 27.9 Å². The molecule has 1 fully saturated rings. The zero-order valence-electron chi connectivity index (χ0n) is 21.5. The maximum Gasteiger partial charge on any atom is 0.269 e. The lowest BCUT2D eigenvalue weighted by Gasteiger charge is -2.29. The highest BCUT2D eigenvalue weighted by Gasteiger charge is 2.42. The summed E-state index contributed by atoms with van der Waals surface area (Å²) in [5, 5.41) is 13.9. The van der Waals surface area contributed by atoms with Gasteiger partial charge in [-0.25, -0.2) is 4.39 Å². The lowest BCUT2D eigenvalue weighted by Crippen LogP contribution is -2.47. The van der Waals surface area contributed by atoms with Crippen LogP contribution >= 0.6 is 0 Å². The molecule has 0 saturated carbocycles. The number of nitrogens with zero attached hydrogens (tertiary/aromatic N) is 3. The molecule has 4 rings (SSSR count). The van der Waals surface area contributed by atoms with Gasteiger partial charge in [-0.15, -0.1) is 0 Å². The summed E-state index contributed by atoms with van der Waals surface area (Å²) in [5.74, 6) is -1.07. The van der Waals surface area contributed by atoms with Crippen molar-refractivity contribution in [3.05, 3.63) is 111 Å². The SMILES string of the molecule is NCCNC(=O)C1CC(N(CCc2ccccc2)Cc2ccc([N+](=O)[O-])cc2)CN1C(=O)c1ccc(F)cc1. The van der Waals surface area contributed by atoms with Crippen LogP contribution < -0.4 is 11.1 Å². The molecule has 39 heavy (non-hydrogen) atoms. The Labute approximate surface area is 226 Å². The van der Waals surface area contributed by atoms with E-state index in [9.17, 15) is 24.1 Å². The predicted molar refractivity (Wildman–Crippen MR) is 145 cm³/mol. The Kier molecular flexibility index (Phi) is 9.35. The van der Waals surface area contributed by atoms with Gasteiger partial charge in [0.05, 0.1) is 4.92 Å². The topological polar surface area (TPSA) is 122 Å². The van der Waals surface area contributed by atoms with Gasteiger partial charge >= 0.3 is 0 Å². The number of amides is 2. The quantitative estimate of drug-likeness (QED) is 0.289. The fourth-order valence-electron chi connectivity index (χ4n) is 4.89. The summed E-state index contributed by atoms with van der Waals surface area (Å²) in [5.41, 5.74) is 7.95. The molecule has 10 heteroatoms. The van der Waals surface area contributed by atoms with Crippen LogP contribution in [0.4, 0.5) is 10.1 Å². The molecule has 204 valence electrons. The monoisotopic (exact) mass is 533 g/mol. The number of hydrogen-bond acceptors (Lipinski definition) is 6. The number of nitrogens with one attached hydrogen (secondary N) is 1. The van der Waals surface area contributed by atoms with Gasteiger partial charge in [-0.05, 0) is 48.2 Å². The van der Waals surface area contributed by atoms with Crippen molar-refractivity contribution in [1.29, 1.82) is 0 Å². The molecule has 2 amide bonds. The van der Waals surface area contributed by atoms with Crippen LogP contribution in [0.3, 0.4) is 0 Å². The standard InChI is InChI=1S/C29H32FN5O4/c30-24-10-8-23(9-11-24)29(37)34-20-26(18-27(34)28(36)32-16-15-31)33(17-14-21-4-2-1-3-5-21)19-22-6-12-25(13-7-22)35(38)39/h1-13,26-27H,14-20,31H2,(H,32,36). The number of non-ortho nitro benzene ring substituents is 1. The van der Waals surface area contributed by atoms with Crippen molar-refractivity contribution < 1.29 is 18.9 Å². The van der Waals surface area contributed by atoms with Gasteiger partial charge in [-0.3, -0.25) is 24.6 Å². The first kappa shape index (κ1) is 27.9. The van der Waals surface area contributed by atoms with Gasteiger partial charge in [0.2, 0.25) is 5.91 Å². The minimum Gasteiger partial charge on any atom is -0.353 e. The van der Waals surface area contributed by atoms with Crippen molar-refractivity contribution in [3.63, 3.8) is 0 Å². The number of nitro benzene ring substituents is 1. The third kappa shape index (κ3) is 7.24. The molecule has 9 nitrogen and oxygen atoms in total. The molecule has 3 N–H and O–H groups in total. The highest BCUT2D eigenvalue weighted by atomic mass is 19.1. The normalized spacial score (nSPS) is 16.8. The van der Waals surface area contributed by atoms with Gasteiger partial charge in [-0.1, -0.05) is 42.5 Å². The molecule has 1 saturated heterocycles. The van der Waals surface area contributed by atoms with Gasteiger partial charge < -0.3 is 16.0 Å². The van der Waals surface area contributed by atoms with E-state index in [1.807, 2.05) is 30.3 Å². The number of rotatable bonds is 11. The second-order valence-corrected chi connectivity index (χ2v) is 9.58. The molecule has 3 aromatic carbocycles. The Morgan fingerprint density at radius 3 is 2.36 bits per heavy atom. The summed E-state index contributed by atoms with van der Waals surface area (Å²) in [7, 11) is 0. The first-order valence-electron chi connectivity index (χ1n) is 12.9. The highest BCUT2D eigenvalue weighted by Crippen LogP contribution is 2.27. The first-order chi connectivity index (χ1) is 18.9. The summed E-state index contributed by atoms with van der Waals surface area (Å²) in [6, 6.07) is 20.9. The van der Waals surface area contributed by atoms with Crippen LogP contribution in [0, 0.1) is 15.9 Å². The molecule has 2 unspecified atom stereocenters. The number of carbonyl (C=O) groups excluding carboxylic acids is 2. The Morgan fingerprint density at radius 1 is 1.03 bits per heavy atom. The number of likely N-dealkylation sites (tertiary alicyclic amines) is 1. The maximum absolute atomic E-state index is 13.5. The molecule has 0 spiro atoms. The Balaban J connectivity index is 1.59. The Bertz CT molecular complexity index is 1270. The van der Waals surface area contributed by atoms with Gasteiger partial charge in [0.1, 0.15) is 11.9 Å². The molecular weight excluding hydrogens is 501 g/mol. The van der Waals surface area contributed by atoms with Crippen molar-refractivity contribution in [2.45, 2.75) is 31.5 Å². The van der Waals surface area contributed by atoms with Crippen LogP contribution in [0.25, 0.3) is 0 Å². The molecule has 0 radical (unpaired) electrons. The van der Waals surface area contributed by atoms with E-state index in [0.717, 1.165) is 17.5 Å². The largest absolute Gasteiger partial charge is 0.353 e. The number of carbonyl (C=O) groups is 2. The zero-order chi connectivity index (χ0) is 27.8. The maximum atomic E-state index is 13.5. The second kappa shape index (κ2) is 13.1. The van der Waals surface area contributed by atoms with Crippen LogP contribution in [0.5, 0.6) is 0 Å². The van der Waals surface area contributed by atoms with Gasteiger partial charge in [0.15, 0.2) is 0 Å². The van der Waals surface area contributed by atoms with Crippen molar-refractivity contribution in [2.75, 3.05) is 26.2 Å². The molecule has 2 atom stereocenters. The minimum absolute atomic E-state index is 0.0168. The number of nitro groups is 1. The van der Waals surface area contributed by atoms with Crippen LogP contribution in [-0.2, 0) is 17.8 Å². The molecule has 1 aliphatic rings. The number of benzene rings is 3. The van der Waals surface area contributed by atoms with Gasteiger partial charge in [-0.2, -0.15) is 0 Å². The molecule has 3 aromatic rings. The first-order valence-corrected chi connectivity index (χ1v) is 12.9. The number of nitrogens with two attached hydrogens (primary N) is 1. The molecular formula is C29H32FN5O4. The average Bonchev–Trinajstić information content (AvgIpc) is 3.40. The highest BCUT2D eigenvalue weighted by molar-refractivity contribution is 5.98. The Hall–Kier alpha value is -4.15. The smallest absolute Gasteiger partial charge is 0.269 e. The van der Waals surface area contributed by atoms with E-state index in [4.69, 9.17) is 5.73 Å². The van der Waals surface area contributed by atoms with E-state index >= 15 is 0 Å². The van der Waals surface area contributed by atoms with Crippen molar-refractivity contribution in [2.24, 2.45) is 5.73 Å². The Morgan fingerprint density at radius 2 is 1.72 bits per heavy atom. The van der Waals surface area contributed by atoms with Crippen LogP contribution in [-0.4, -0.2) is 64.8 Å². The summed E-state index contributed by atoms with van der Waals surface area (Å²) in [4.78, 5) is 41.0. The predicted octanol–water partition coefficient (Wildman–Crippen LogP) is 3.14. The fraction of sp³-hybridized carbons (Fsp3) is 0.310. The summed E-state index contributed by atoms with van der Waals surface area (Å²) in [6.45, 7) is 2.02.